The highest BCUT2D eigenvalue weighted by Crippen LogP contribution is 2.22. The van der Waals surface area contributed by atoms with Crippen LogP contribution in [-0.2, 0) is 9.84 Å². The molecule has 1 aromatic rings. The normalized spacial score (nSPS) is 21.3. The molecular formula is C13H16FNO3S. The molecule has 1 heterocycles. The number of carbonyl (C=O) groups excluding carboxylic acids is 1. The zero-order valence-electron chi connectivity index (χ0n) is 10.6. The van der Waals surface area contributed by atoms with Crippen LogP contribution in [0.1, 0.15) is 23.7 Å². The predicted octanol–water partition coefficient (Wildman–Crippen LogP) is 1.87. The highest BCUT2D eigenvalue weighted by Gasteiger charge is 2.27. The van der Waals surface area contributed by atoms with Crippen molar-refractivity contribution in [1.29, 1.82) is 0 Å². The first-order valence-electron chi connectivity index (χ1n) is 6.13. The lowest BCUT2D eigenvalue weighted by Gasteiger charge is -2.13. The second-order valence-electron chi connectivity index (χ2n) is 4.87. The second kappa shape index (κ2) is 5.28. The quantitative estimate of drug-likeness (QED) is 0.858. The van der Waals surface area contributed by atoms with Crippen molar-refractivity contribution in [3.8, 4) is 0 Å². The molecule has 0 spiro atoms. The maximum Gasteiger partial charge on any atom is 0.164 e. The Morgan fingerprint density at radius 2 is 2.21 bits per heavy atom. The zero-order chi connectivity index (χ0) is 14.0. The summed E-state index contributed by atoms with van der Waals surface area (Å²) in [5.41, 5.74) is 0.458. The van der Waals surface area contributed by atoms with Crippen LogP contribution in [0.2, 0.25) is 0 Å². The average Bonchev–Trinajstić information content (AvgIpc) is 2.66. The van der Waals surface area contributed by atoms with Gasteiger partial charge in [0.1, 0.15) is 5.82 Å². The Morgan fingerprint density at radius 1 is 1.47 bits per heavy atom. The van der Waals surface area contributed by atoms with Crippen molar-refractivity contribution in [2.45, 2.75) is 13.3 Å². The summed E-state index contributed by atoms with van der Waals surface area (Å²) in [7, 11) is -2.92. The second-order valence-corrected chi connectivity index (χ2v) is 7.10. The largest absolute Gasteiger partial charge is 0.384 e. The number of nitrogens with one attached hydrogen (secondary N) is 1. The molecule has 4 nitrogen and oxygen atoms in total. The summed E-state index contributed by atoms with van der Waals surface area (Å²) in [6.07, 6.45) is 0.611. The number of hydrogen-bond donors (Lipinski definition) is 1. The highest BCUT2D eigenvalue weighted by molar-refractivity contribution is 7.91. The highest BCUT2D eigenvalue weighted by atomic mass is 32.2. The first-order chi connectivity index (χ1) is 8.89. The third-order valence-corrected chi connectivity index (χ3v) is 5.11. The van der Waals surface area contributed by atoms with E-state index in [0.29, 0.717) is 18.7 Å². The molecule has 0 radical (unpaired) electrons. The minimum atomic E-state index is -2.92. The topological polar surface area (TPSA) is 63.2 Å². The van der Waals surface area contributed by atoms with Gasteiger partial charge in [-0.15, -0.1) is 0 Å². The molecule has 104 valence electrons. The number of halogens is 1. The van der Waals surface area contributed by atoms with Crippen LogP contribution in [0.4, 0.5) is 10.1 Å². The van der Waals surface area contributed by atoms with E-state index in [0.717, 1.165) is 0 Å². The summed E-state index contributed by atoms with van der Waals surface area (Å²) in [5.74, 6) is -0.517. The Bertz CT molecular complexity index is 598. The van der Waals surface area contributed by atoms with Gasteiger partial charge in [0, 0.05) is 12.2 Å². The van der Waals surface area contributed by atoms with E-state index >= 15 is 0 Å². The van der Waals surface area contributed by atoms with E-state index in [2.05, 4.69) is 5.32 Å². The third kappa shape index (κ3) is 3.32. The number of hydrogen-bond acceptors (Lipinski definition) is 4. The van der Waals surface area contributed by atoms with Crippen LogP contribution in [0.5, 0.6) is 0 Å². The molecule has 0 aliphatic carbocycles. The summed E-state index contributed by atoms with van der Waals surface area (Å²) < 4.78 is 36.2. The maximum atomic E-state index is 13.6. The summed E-state index contributed by atoms with van der Waals surface area (Å²) in [6, 6.07) is 4.39. The average molecular weight is 285 g/mol. The van der Waals surface area contributed by atoms with Gasteiger partial charge < -0.3 is 5.32 Å². The van der Waals surface area contributed by atoms with Crippen molar-refractivity contribution in [2.24, 2.45) is 5.92 Å². The fourth-order valence-electron chi connectivity index (χ4n) is 2.32. The van der Waals surface area contributed by atoms with Crippen molar-refractivity contribution in [1.82, 2.24) is 0 Å². The van der Waals surface area contributed by atoms with Gasteiger partial charge in [-0.3, -0.25) is 4.79 Å². The number of anilines is 1. The zero-order valence-corrected chi connectivity index (χ0v) is 11.5. The molecule has 0 saturated carbocycles. The Labute approximate surface area is 111 Å². The number of carbonyl (C=O) groups is 1. The fraction of sp³-hybridized carbons (Fsp3) is 0.462. The molecule has 1 aromatic carbocycles. The van der Waals surface area contributed by atoms with E-state index in [1.807, 2.05) is 0 Å². The lowest BCUT2D eigenvalue weighted by atomic mass is 10.1. The Balaban J connectivity index is 2.08. The van der Waals surface area contributed by atoms with E-state index in [-0.39, 0.29) is 28.8 Å². The first kappa shape index (κ1) is 14.0. The number of benzene rings is 1. The number of sulfone groups is 1. The van der Waals surface area contributed by atoms with Gasteiger partial charge >= 0.3 is 0 Å². The molecule has 1 aliphatic heterocycles. The van der Waals surface area contributed by atoms with Crippen LogP contribution in [0.3, 0.4) is 0 Å². The molecule has 1 N–H and O–H groups in total. The van der Waals surface area contributed by atoms with Crippen LogP contribution in [0.15, 0.2) is 18.2 Å². The van der Waals surface area contributed by atoms with Gasteiger partial charge in [0.05, 0.1) is 17.1 Å². The van der Waals surface area contributed by atoms with Crippen LogP contribution in [0.25, 0.3) is 0 Å². The molecule has 1 aliphatic rings. The Hall–Kier alpha value is -1.43. The van der Waals surface area contributed by atoms with E-state index in [1.54, 1.807) is 6.07 Å². The molecule has 0 bridgehead atoms. The monoisotopic (exact) mass is 285 g/mol. The van der Waals surface area contributed by atoms with Gasteiger partial charge in [-0.05, 0) is 31.4 Å². The molecule has 0 aromatic heterocycles. The molecule has 1 saturated heterocycles. The lowest BCUT2D eigenvalue weighted by Crippen LogP contribution is -2.17. The molecule has 1 unspecified atom stereocenters. The number of ketones is 1. The number of Topliss-reactive ketones (excluding diaryl/α,β-unsaturated/α-hetero) is 1. The van der Waals surface area contributed by atoms with Gasteiger partial charge in [0.15, 0.2) is 15.6 Å². The molecule has 0 amide bonds. The molecule has 19 heavy (non-hydrogen) atoms. The predicted molar refractivity (Wildman–Crippen MR) is 71.7 cm³/mol. The van der Waals surface area contributed by atoms with Gasteiger partial charge in [-0.2, -0.15) is 0 Å². The van der Waals surface area contributed by atoms with Crippen LogP contribution < -0.4 is 5.32 Å². The van der Waals surface area contributed by atoms with Gasteiger partial charge in [-0.25, -0.2) is 12.8 Å². The SMILES string of the molecule is CC(=O)c1c(F)cccc1NCC1CCS(=O)(=O)C1. The Morgan fingerprint density at radius 3 is 2.79 bits per heavy atom. The molecule has 1 fully saturated rings. The van der Waals surface area contributed by atoms with Crippen LogP contribution >= 0.6 is 0 Å². The van der Waals surface area contributed by atoms with Crippen molar-refractivity contribution in [3.05, 3.63) is 29.6 Å². The van der Waals surface area contributed by atoms with Crippen molar-refractivity contribution < 1.29 is 17.6 Å². The standard InChI is InChI=1S/C13H16FNO3S/c1-9(16)13-11(14)3-2-4-12(13)15-7-10-5-6-19(17,18)8-10/h2-4,10,15H,5-8H2,1H3. The van der Waals surface area contributed by atoms with Crippen LogP contribution in [-0.4, -0.2) is 32.3 Å². The van der Waals surface area contributed by atoms with Gasteiger partial charge in [0.25, 0.3) is 0 Å². The van der Waals surface area contributed by atoms with Crippen molar-refractivity contribution in [2.75, 3.05) is 23.4 Å². The van der Waals surface area contributed by atoms with Crippen molar-refractivity contribution >= 4 is 21.3 Å². The molecule has 1 atom stereocenters. The van der Waals surface area contributed by atoms with Gasteiger partial charge in [0.2, 0.25) is 0 Å². The minimum Gasteiger partial charge on any atom is -0.384 e. The van der Waals surface area contributed by atoms with E-state index < -0.39 is 15.7 Å². The summed E-state index contributed by atoms with van der Waals surface area (Å²) in [6.45, 7) is 1.74. The molecule has 6 heteroatoms. The molecular weight excluding hydrogens is 269 g/mol. The van der Waals surface area contributed by atoms with E-state index in [1.165, 1.54) is 19.1 Å². The lowest BCUT2D eigenvalue weighted by molar-refractivity contribution is 0.101. The number of rotatable bonds is 4. The van der Waals surface area contributed by atoms with E-state index in [9.17, 15) is 17.6 Å². The smallest absolute Gasteiger partial charge is 0.164 e. The van der Waals surface area contributed by atoms with Crippen molar-refractivity contribution in [3.63, 3.8) is 0 Å². The van der Waals surface area contributed by atoms with Crippen LogP contribution in [0, 0.1) is 11.7 Å². The third-order valence-electron chi connectivity index (χ3n) is 3.27. The maximum absolute atomic E-state index is 13.6. The first-order valence-corrected chi connectivity index (χ1v) is 7.95. The summed E-state index contributed by atoms with van der Waals surface area (Å²) in [5, 5.41) is 2.99. The van der Waals surface area contributed by atoms with E-state index in [4.69, 9.17) is 0 Å². The fourth-order valence-corrected chi connectivity index (χ4v) is 4.18. The summed E-state index contributed by atoms with van der Waals surface area (Å²) in [4.78, 5) is 11.4. The van der Waals surface area contributed by atoms with Gasteiger partial charge in [-0.1, -0.05) is 6.07 Å². The molecule has 2 rings (SSSR count). The minimum absolute atomic E-state index is 0.0214. The summed E-state index contributed by atoms with van der Waals surface area (Å²) >= 11 is 0. The Kier molecular flexibility index (Phi) is 3.89.